The Morgan fingerprint density at radius 3 is 2.75 bits per heavy atom. The summed E-state index contributed by atoms with van der Waals surface area (Å²) in [5.74, 6) is 0. The number of nitrogens with zero attached hydrogens (tertiary/aromatic N) is 2. The smallest absolute Gasteiger partial charge is 0.128 e. The summed E-state index contributed by atoms with van der Waals surface area (Å²) in [5.41, 5.74) is 9.06. The summed E-state index contributed by atoms with van der Waals surface area (Å²) < 4.78 is 0. The quantitative estimate of drug-likeness (QED) is 0.902. The lowest BCUT2D eigenvalue weighted by atomic mass is 9.83. The summed E-state index contributed by atoms with van der Waals surface area (Å²) in [6.07, 6.45) is 8.44. The number of thiophene rings is 1. The molecule has 0 aromatic carbocycles. The van der Waals surface area contributed by atoms with Crippen molar-refractivity contribution in [2.24, 2.45) is 0 Å². The van der Waals surface area contributed by atoms with Gasteiger partial charge in [-0.15, -0.1) is 11.3 Å². The molecule has 0 aliphatic heterocycles. The third kappa shape index (κ3) is 1.99. The molecule has 0 atom stereocenters. The van der Waals surface area contributed by atoms with E-state index in [0.29, 0.717) is 10.6 Å². The molecular weight excluding hydrogens is 266 g/mol. The van der Waals surface area contributed by atoms with Crippen molar-refractivity contribution in [3.8, 4) is 17.2 Å². The van der Waals surface area contributed by atoms with Crippen LogP contribution in [0.15, 0.2) is 24.5 Å². The van der Waals surface area contributed by atoms with Crippen molar-refractivity contribution >= 4 is 17.0 Å². The molecule has 20 heavy (non-hydrogen) atoms. The van der Waals surface area contributed by atoms with Crippen LogP contribution >= 0.6 is 11.3 Å². The van der Waals surface area contributed by atoms with Gasteiger partial charge < -0.3 is 5.73 Å². The lowest BCUT2D eigenvalue weighted by Crippen LogP contribution is -2.16. The molecule has 1 saturated carbocycles. The molecule has 102 valence electrons. The number of hydrogen-bond donors (Lipinski definition) is 1. The van der Waals surface area contributed by atoms with E-state index in [-0.39, 0.29) is 5.41 Å². The summed E-state index contributed by atoms with van der Waals surface area (Å²) in [6, 6.07) is 6.18. The van der Waals surface area contributed by atoms with Gasteiger partial charge in [0.1, 0.15) is 10.9 Å². The third-order valence-corrected chi connectivity index (χ3v) is 5.67. The molecule has 3 nitrogen and oxygen atoms in total. The molecule has 1 aliphatic carbocycles. The van der Waals surface area contributed by atoms with Crippen LogP contribution in [0.1, 0.15) is 42.4 Å². The first-order valence-electron chi connectivity index (χ1n) is 6.89. The van der Waals surface area contributed by atoms with Gasteiger partial charge in [-0.1, -0.05) is 25.8 Å². The van der Waals surface area contributed by atoms with Crippen LogP contribution in [0.25, 0.3) is 11.1 Å². The van der Waals surface area contributed by atoms with E-state index in [9.17, 15) is 5.26 Å². The third-order valence-electron chi connectivity index (χ3n) is 4.25. The van der Waals surface area contributed by atoms with Crippen LogP contribution in [-0.2, 0) is 5.41 Å². The minimum atomic E-state index is 0.152. The molecule has 2 aromatic heterocycles. The van der Waals surface area contributed by atoms with Crippen LogP contribution < -0.4 is 5.73 Å². The molecule has 2 heterocycles. The molecule has 0 bridgehead atoms. The van der Waals surface area contributed by atoms with Crippen molar-refractivity contribution in [1.29, 1.82) is 5.26 Å². The van der Waals surface area contributed by atoms with E-state index in [1.54, 1.807) is 17.5 Å². The van der Waals surface area contributed by atoms with Crippen molar-refractivity contribution in [1.82, 2.24) is 4.98 Å². The second-order valence-electron chi connectivity index (χ2n) is 5.67. The van der Waals surface area contributed by atoms with Gasteiger partial charge in [-0.3, -0.25) is 4.98 Å². The Morgan fingerprint density at radius 2 is 2.15 bits per heavy atom. The fraction of sp³-hybridized carbons (Fsp3) is 0.375. The average molecular weight is 283 g/mol. The average Bonchev–Trinajstić information content (AvgIpc) is 3.05. The lowest BCUT2D eigenvalue weighted by Gasteiger charge is -2.24. The van der Waals surface area contributed by atoms with Gasteiger partial charge in [0.2, 0.25) is 0 Å². The lowest BCUT2D eigenvalue weighted by molar-refractivity contribution is 0.503. The van der Waals surface area contributed by atoms with Crippen LogP contribution in [0.3, 0.4) is 0 Å². The number of rotatable bonds is 2. The Balaban J connectivity index is 2.22. The number of aromatic nitrogens is 1. The SMILES string of the molecule is CC1(c2sc(C#N)c(N)c2-c2cccnc2)CCCC1. The van der Waals surface area contributed by atoms with Crippen molar-refractivity contribution < 1.29 is 0 Å². The summed E-state index contributed by atoms with van der Waals surface area (Å²) >= 11 is 1.56. The van der Waals surface area contributed by atoms with E-state index in [1.807, 2.05) is 18.3 Å². The molecule has 4 heteroatoms. The van der Waals surface area contributed by atoms with Gasteiger partial charge in [0, 0.05) is 33.8 Å². The Labute approximate surface area is 123 Å². The van der Waals surface area contributed by atoms with Crippen LogP contribution in [0.5, 0.6) is 0 Å². The Bertz CT molecular complexity index is 661. The van der Waals surface area contributed by atoms with E-state index in [4.69, 9.17) is 5.73 Å². The molecule has 2 N–H and O–H groups in total. The summed E-state index contributed by atoms with van der Waals surface area (Å²) in [7, 11) is 0. The fourth-order valence-corrected chi connectivity index (χ4v) is 4.37. The minimum Gasteiger partial charge on any atom is -0.396 e. The van der Waals surface area contributed by atoms with Crippen LogP contribution in [0.2, 0.25) is 0 Å². The largest absolute Gasteiger partial charge is 0.396 e. The van der Waals surface area contributed by atoms with E-state index in [2.05, 4.69) is 18.0 Å². The maximum absolute atomic E-state index is 9.29. The maximum Gasteiger partial charge on any atom is 0.128 e. The molecule has 3 rings (SSSR count). The summed E-state index contributed by atoms with van der Waals surface area (Å²) in [4.78, 5) is 6.09. The predicted octanol–water partition coefficient (Wildman–Crippen LogP) is 4.10. The van der Waals surface area contributed by atoms with Crippen molar-refractivity contribution in [2.75, 3.05) is 5.73 Å². The standard InChI is InChI=1S/C16H17N3S/c1-16(6-2-3-7-16)15-13(11-5-4-8-19-10-11)14(18)12(9-17)20-15/h4-5,8,10H,2-3,6-7,18H2,1H3. The second kappa shape index (κ2) is 4.92. The van der Waals surface area contributed by atoms with Crippen LogP contribution in [0.4, 0.5) is 5.69 Å². The van der Waals surface area contributed by atoms with Gasteiger partial charge in [0.25, 0.3) is 0 Å². The van der Waals surface area contributed by atoms with Crippen LogP contribution in [-0.4, -0.2) is 4.98 Å². The first-order valence-corrected chi connectivity index (χ1v) is 7.70. The second-order valence-corrected chi connectivity index (χ2v) is 6.69. The van der Waals surface area contributed by atoms with Gasteiger partial charge in [-0.2, -0.15) is 5.26 Å². The number of nitrogens with two attached hydrogens (primary N) is 1. The van der Waals surface area contributed by atoms with Crippen molar-refractivity contribution in [3.05, 3.63) is 34.3 Å². The van der Waals surface area contributed by atoms with E-state index >= 15 is 0 Å². The molecule has 0 radical (unpaired) electrons. The number of anilines is 1. The van der Waals surface area contributed by atoms with Crippen molar-refractivity contribution in [3.63, 3.8) is 0 Å². The molecule has 1 fully saturated rings. The topological polar surface area (TPSA) is 62.7 Å². The number of hydrogen-bond acceptors (Lipinski definition) is 4. The Morgan fingerprint density at radius 1 is 1.40 bits per heavy atom. The zero-order valence-electron chi connectivity index (χ0n) is 11.5. The highest BCUT2D eigenvalue weighted by molar-refractivity contribution is 7.14. The van der Waals surface area contributed by atoms with Gasteiger partial charge in [-0.25, -0.2) is 0 Å². The zero-order valence-corrected chi connectivity index (χ0v) is 12.3. The predicted molar refractivity (Wildman–Crippen MR) is 82.5 cm³/mol. The maximum atomic E-state index is 9.29. The highest BCUT2D eigenvalue weighted by Gasteiger charge is 2.36. The molecule has 1 aliphatic rings. The molecule has 0 spiro atoms. The van der Waals surface area contributed by atoms with Gasteiger partial charge in [0.15, 0.2) is 0 Å². The highest BCUT2D eigenvalue weighted by atomic mass is 32.1. The van der Waals surface area contributed by atoms with Gasteiger partial charge >= 0.3 is 0 Å². The van der Waals surface area contributed by atoms with E-state index in [1.165, 1.54) is 30.6 Å². The zero-order chi connectivity index (χ0) is 14.2. The monoisotopic (exact) mass is 283 g/mol. The molecular formula is C16H17N3S. The summed E-state index contributed by atoms with van der Waals surface area (Å²) in [6.45, 7) is 2.30. The van der Waals surface area contributed by atoms with Gasteiger partial charge in [0.05, 0.1) is 5.69 Å². The molecule has 0 amide bonds. The van der Waals surface area contributed by atoms with Gasteiger partial charge in [-0.05, 0) is 18.9 Å². The number of pyridine rings is 1. The van der Waals surface area contributed by atoms with E-state index < -0.39 is 0 Å². The first kappa shape index (κ1) is 13.1. The summed E-state index contributed by atoms with van der Waals surface area (Å²) in [5, 5.41) is 9.29. The normalized spacial score (nSPS) is 17.0. The number of nitriles is 1. The van der Waals surface area contributed by atoms with E-state index in [0.717, 1.165) is 11.1 Å². The highest BCUT2D eigenvalue weighted by Crippen LogP contribution is 2.50. The molecule has 0 unspecified atom stereocenters. The van der Waals surface area contributed by atoms with Crippen molar-refractivity contribution in [2.45, 2.75) is 38.0 Å². The minimum absolute atomic E-state index is 0.152. The molecule has 0 saturated heterocycles. The first-order chi connectivity index (χ1) is 9.65. The Hall–Kier alpha value is -1.86. The number of nitrogen functional groups attached to an aromatic ring is 1. The Kier molecular flexibility index (Phi) is 3.23. The fourth-order valence-electron chi connectivity index (χ4n) is 3.13. The van der Waals surface area contributed by atoms with Crippen LogP contribution in [0, 0.1) is 11.3 Å². The molecule has 2 aromatic rings.